The normalized spacial score (nSPS) is 15.3. The summed E-state index contributed by atoms with van der Waals surface area (Å²) in [7, 11) is 1.98. The van der Waals surface area contributed by atoms with Crippen LogP contribution in [0.25, 0.3) is 0 Å². The van der Waals surface area contributed by atoms with Gasteiger partial charge in [0, 0.05) is 18.1 Å². The minimum atomic E-state index is 0. The van der Waals surface area contributed by atoms with Gasteiger partial charge in [0.05, 0.1) is 13.1 Å². The van der Waals surface area contributed by atoms with E-state index in [2.05, 4.69) is 20.8 Å². The van der Waals surface area contributed by atoms with Crippen molar-refractivity contribution in [2.45, 2.75) is 58.2 Å². The molecule has 27 heavy (non-hydrogen) atoms. The van der Waals surface area contributed by atoms with Crippen molar-refractivity contribution in [2.24, 2.45) is 12.0 Å². The number of aryl methyl sites for hydroxylation is 1. The lowest BCUT2D eigenvalue weighted by atomic mass is 9.96. The number of guanidine groups is 1. The summed E-state index contributed by atoms with van der Waals surface area (Å²) < 4.78 is 1.99. The van der Waals surface area contributed by atoms with Gasteiger partial charge in [-0.3, -0.25) is 0 Å². The van der Waals surface area contributed by atoms with Crippen molar-refractivity contribution in [3.8, 4) is 0 Å². The van der Waals surface area contributed by atoms with Crippen molar-refractivity contribution in [1.82, 2.24) is 25.4 Å². The second kappa shape index (κ2) is 10.8. The van der Waals surface area contributed by atoms with E-state index in [9.17, 15) is 0 Å². The summed E-state index contributed by atoms with van der Waals surface area (Å²) in [5, 5.41) is 16.1. The van der Waals surface area contributed by atoms with Gasteiger partial charge >= 0.3 is 0 Å². The van der Waals surface area contributed by atoms with Crippen LogP contribution in [0.2, 0.25) is 5.02 Å². The molecule has 2 aromatic rings. The van der Waals surface area contributed by atoms with E-state index in [1.807, 2.05) is 42.8 Å². The number of aliphatic imine (C=N–C) groups is 1. The lowest BCUT2D eigenvalue weighted by Gasteiger charge is -2.25. The van der Waals surface area contributed by atoms with Gasteiger partial charge in [0.1, 0.15) is 5.82 Å². The first-order chi connectivity index (χ1) is 12.6. The number of hydrogen-bond donors (Lipinski definition) is 2. The fourth-order valence-electron chi connectivity index (χ4n) is 3.12. The summed E-state index contributed by atoms with van der Waals surface area (Å²) in [6, 6.07) is 8.31. The molecule has 3 rings (SSSR count). The molecule has 2 N–H and O–H groups in total. The van der Waals surface area contributed by atoms with Crippen molar-refractivity contribution in [3.63, 3.8) is 0 Å². The second-order valence-electron chi connectivity index (χ2n) is 6.85. The van der Waals surface area contributed by atoms with Crippen LogP contribution in [0.3, 0.4) is 0 Å². The van der Waals surface area contributed by atoms with E-state index in [1.54, 1.807) is 0 Å². The molecule has 1 aromatic heterocycles. The molecule has 1 saturated carbocycles. The molecule has 0 aliphatic heterocycles. The summed E-state index contributed by atoms with van der Waals surface area (Å²) in [4.78, 5) is 4.76. The fourth-order valence-corrected chi connectivity index (χ4v) is 3.25. The molecule has 1 fully saturated rings. The van der Waals surface area contributed by atoms with Crippen molar-refractivity contribution in [3.05, 3.63) is 46.5 Å². The Bertz CT molecular complexity index is 737. The van der Waals surface area contributed by atoms with Crippen LogP contribution in [0.4, 0.5) is 0 Å². The maximum absolute atomic E-state index is 5.96. The maximum atomic E-state index is 5.96. The fraction of sp³-hybridized carbons (Fsp3) is 0.526. The van der Waals surface area contributed by atoms with E-state index in [0.717, 1.165) is 28.2 Å². The number of hydrogen-bond acceptors (Lipinski definition) is 3. The molecule has 0 radical (unpaired) electrons. The number of aromatic nitrogens is 3. The first kappa shape index (κ1) is 21.9. The highest BCUT2D eigenvalue weighted by Gasteiger charge is 2.15. The molecule has 6 nitrogen and oxygen atoms in total. The molecule has 1 aromatic carbocycles. The van der Waals surface area contributed by atoms with Gasteiger partial charge in [-0.25, -0.2) is 4.99 Å². The Labute approximate surface area is 183 Å². The zero-order chi connectivity index (χ0) is 18.4. The predicted molar refractivity (Wildman–Crippen MR) is 121 cm³/mol. The Hall–Kier alpha value is -1.35. The van der Waals surface area contributed by atoms with Gasteiger partial charge in [0.15, 0.2) is 11.8 Å². The molecule has 0 atom stereocenters. The SMILES string of the molecule is Cc1nnc(CNC(=NCc2ccc(Cl)cc2)NC2CCCCC2)n1C.I. The zero-order valence-corrected chi connectivity index (χ0v) is 19.0. The molecule has 0 spiro atoms. The lowest BCUT2D eigenvalue weighted by molar-refractivity contribution is 0.409. The van der Waals surface area contributed by atoms with E-state index in [4.69, 9.17) is 16.6 Å². The van der Waals surface area contributed by atoms with Gasteiger partial charge in [-0.2, -0.15) is 0 Å². The van der Waals surface area contributed by atoms with Crippen molar-refractivity contribution < 1.29 is 0 Å². The topological polar surface area (TPSA) is 67.1 Å². The largest absolute Gasteiger partial charge is 0.354 e. The van der Waals surface area contributed by atoms with Gasteiger partial charge < -0.3 is 15.2 Å². The monoisotopic (exact) mass is 502 g/mol. The number of rotatable bonds is 5. The molecule has 0 saturated heterocycles. The minimum absolute atomic E-state index is 0. The van der Waals surface area contributed by atoms with Crippen LogP contribution in [0, 0.1) is 6.92 Å². The summed E-state index contributed by atoms with van der Waals surface area (Å²) >= 11 is 5.96. The van der Waals surface area contributed by atoms with Crippen molar-refractivity contribution >= 4 is 41.5 Å². The van der Waals surface area contributed by atoms with Gasteiger partial charge in [0.2, 0.25) is 0 Å². The Morgan fingerprint density at radius 2 is 1.89 bits per heavy atom. The predicted octanol–water partition coefficient (Wildman–Crippen LogP) is 3.96. The van der Waals surface area contributed by atoms with Crippen LogP contribution in [0.1, 0.15) is 49.3 Å². The molecular formula is C19H28ClIN6. The quantitative estimate of drug-likeness (QED) is 0.369. The molecule has 1 aliphatic rings. The Morgan fingerprint density at radius 3 is 2.52 bits per heavy atom. The van der Waals surface area contributed by atoms with E-state index in [1.165, 1.54) is 32.1 Å². The third-order valence-electron chi connectivity index (χ3n) is 4.88. The number of benzene rings is 1. The molecule has 148 valence electrons. The van der Waals surface area contributed by atoms with Crippen molar-refractivity contribution in [1.29, 1.82) is 0 Å². The summed E-state index contributed by atoms with van der Waals surface area (Å²) in [5.41, 5.74) is 1.13. The highest BCUT2D eigenvalue weighted by Crippen LogP contribution is 2.17. The first-order valence-corrected chi connectivity index (χ1v) is 9.64. The molecule has 1 heterocycles. The summed E-state index contributed by atoms with van der Waals surface area (Å²) in [5.74, 6) is 2.63. The third-order valence-corrected chi connectivity index (χ3v) is 5.13. The smallest absolute Gasteiger partial charge is 0.192 e. The van der Waals surface area contributed by atoms with E-state index in [0.29, 0.717) is 19.1 Å². The van der Waals surface area contributed by atoms with E-state index in [-0.39, 0.29) is 24.0 Å². The second-order valence-corrected chi connectivity index (χ2v) is 7.28. The van der Waals surface area contributed by atoms with Gasteiger partial charge in [-0.05, 0) is 37.5 Å². The highest BCUT2D eigenvalue weighted by molar-refractivity contribution is 14.0. The molecule has 1 aliphatic carbocycles. The number of nitrogens with one attached hydrogen (secondary N) is 2. The van der Waals surface area contributed by atoms with Crippen LogP contribution in [0.15, 0.2) is 29.3 Å². The molecule has 0 bridgehead atoms. The Kier molecular flexibility index (Phi) is 8.82. The molecular weight excluding hydrogens is 475 g/mol. The molecule has 0 unspecified atom stereocenters. The Morgan fingerprint density at radius 1 is 1.19 bits per heavy atom. The average Bonchev–Trinajstić information content (AvgIpc) is 2.98. The summed E-state index contributed by atoms with van der Waals surface area (Å²) in [6.07, 6.45) is 6.30. The Balaban J connectivity index is 0.00000261. The average molecular weight is 503 g/mol. The van der Waals surface area contributed by atoms with E-state index >= 15 is 0 Å². The van der Waals surface area contributed by atoms with Gasteiger partial charge in [-0.1, -0.05) is 43.0 Å². The molecule has 0 amide bonds. The van der Waals surface area contributed by atoms with Crippen LogP contribution in [-0.2, 0) is 20.1 Å². The molecule has 8 heteroatoms. The van der Waals surface area contributed by atoms with Crippen molar-refractivity contribution in [2.75, 3.05) is 0 Å². The standard InChI is InChI=1S/C19H27ClN6.HI/c1-14-24-25-18(26(14)2)13-22-19(23-17-6-4-3-5-7-17)21-12-15-8-10-16(20)11-9-15;/h8-11,17H,3-7,12-13H2,1-2H3,(H2,21,22,23);1H. The summed E-state index contributed by atoms with van der Waals surface area (Å²) in [6.45, 7) is 3.15. The maximum Gasteiger partial charge on any atom is 0.192 e. The van der Waals surface area contributed by atoms with Crippen LogP contribution < -0.4 is 10.6 Å². The third kappa shape index (κ3) is 6.64. The van der Waals surface area contributed by atoms with Crippen LogP contribution in [-0.4, -0.2) is 26.8 Å². The highest BCUT2D eigenvalue weighted by atomic mass is 127. The number of nitrogens with zero attached hydrogens (tertiary/aromatic N) is 4. The first-order valence-electron chi connectivity index (χ1n) is 9.26. The van der Waals surface area contributed by atoms with Gasteiger partial charge in [0.25, 0.3) is 0 Å². The number of halogens is 2. The van der Waals surface area contributed by atoms with E-state index < -0.39 is 0 Å². The van der Waals surface area contributed by atoms with Gasteiger partial charge in [-0.15, -0.1) is 34.2 Å². The van der Waals surface area contributed by atoms with Crippen LogP contribution >= 0.6 is 35.6 Å². The zero-order valence-electron chi connectivity index (χ0n) is 15.9. The van der Waals surface area contributed by atoms with Crippen LogP contribution in [0.5, 0.6) is 0 Å². The minimum Gasteiger partial charge on any atom is -0.354 e. The lowest BCUT2D eigenvalue weighted by Crippen LogP contribution is -2.44.